The maximum Gasteiger partial charge on any atom is 0.181 e. The molecule has 0 N–H and O–H groups in total. The lowest BCUT2D eigenvalue weighted by Crippen LogP contribution is -2.33. The van der Waals surface area contributed by atoms with Gasteiger partial charge in [-0.2, -0.15) is 10.2 Å². The predicted octanol–water partition coefficient (Wildman–Crippen LogP) is 2.88. The molecule has 0 bridgehead atoms. The normalized spacial score (nSPS) is 18.0. The van der Waals surface area contributed by atoms with Crippen LogP contribution < -0.4 is 0 Å². The highest BCUT2D eigenvalue weighted by molar-refractivity contribution is 5.86. The van der Waals surface area contributed by atoms with Gasteiger partial charge in [-0.3, -0.25) is 9.69 Å². The van der Waals surface area contributed by atoms with E-state index >= 15 is 0 Å². The van der Waals surface area contributed by atoms with Crippen LogP contribution in [0.3, 0.4) is 0 Å². The summed E-state index contributed by atoms with van der Waals surface area (Å²) in [5.74, 6) is 0.896. The Morgan fingerprint density at radius 3 is 3.00 bits per heavy atom. The third-order valence-electron chi connectivity index (χ3n) is 4.80. The van der Waals surface area contributed by atoms with Gasteiger partial charge in [0.05, 0.1) is 30.4 Å². The molecule has 25 heavy (non-hydrogen) atoms. The minimum atomic E-state index is 0.189. The Morgan fingerprint density at radius 2 is 2.24 bits per heavy atom. The van der Waals surface area contributed by atoms with Gasteiger partial charge in [-0.1, -0.05) is 0 Å². The van der Waals surface area contributed by atoms with Gasteiger partial charge in [-0.25, -0.2) is 4.98 Å². The molecule has 128 valence electrons. The van der Waals surface area contributed by atoms with Crippen molar-refractivity contribution in [3.05, 3.63) is 42.5 Å². The molecule has 1 fully saturated rings. The summed E-state index contributed by atoms with van der Waals surface area (Å²) in [4.78, 5) is 18.6. The molecule has 3 heterocycles. The van der Waals surface area contributed by atoms with Crippen molar-refractivity contribution >= 4 is 16.7 Å². The van der Waals surface area contributed by atoms with E-state index in [1.165, 1.54) is 19.2 Å². The molecule has 1 saturated heterocycles. The third-order valence-corrected chi connectivity index (χ3v) is 4.80. The highest BCUT2D eigenvalue weighted by atomic mass is 16.3. The number of likely N-dealkylation sites (tertiary alicyclic amines) is 1. The van der Waals surface area contributed by atoms with Gasteiger partial charge in [0.25, 0.3) is 0 Å². The van der Waals surface area contributed by atoms with E-state index < -0.39 is 0 Å². The lowest BCUT2D eigenvalue weighted by atomic mass is 10.1. The second kappa shape index (κ2) is 6.72. The quantitative estimate of drug-likeness (QED) is 0.713. The molecule has 6 nitrogen and oxygen atoms in total. The predicted molar refractivity (Wildman–Crippen MR) is 94.0 cm³/mol. The molecule has 0 radical (unpaired) electrons. The molecule has 0 aliphatic carbocycles. The van der Waals surface area contributed by atoms with Crippen LogP contribution in [0.25, 0.3) is 22.2 Å². The maximum absolute atomic E-state index is 12.4. The molecule has 1 aliphatic rings. The number of fused-ring (bicyclic) bond motifs is 1. The van der Waals surface area contributed by atoms with Gasteiger partial charge in [0.15, 0.2) is 17.9 Å². The first-order valence-electron chi connectivity index (χ1n) is 8.60. The zero-order chi connectivity index (χ0) is 17.2. The average Bonchev–Trinajstić information content (AvgIpc) is 3.27. The lowest BCUT2D eigenvalue weighted by Gasteiger charge is -2.19. The Balaban J connectivity index is 1.52. The van der Waals surface area contributed by atoms with Gasteiger partial charge in [0.2, 0.25) is 0 Å². The monoisotopic (exact) mass is 336 g/mol. The number of hydrogen-bond acceptors (Lipinski definition) is 6. The van der Waals surface area contributed by atoms with Crippen LogP contribution in [0.2, 0.25) is 0 Å². The number of oxazole rings is 1. The number of nitrogens with zero attached hydrogens (tertiary/aromatic N) is 4. The fraction of sp³-hybridized carbons (Fsp3) is 0.368. The van der Waals surface area contributed by atoms with E-state index in [2.05, 4.69) is 27.0 Å². The molecule has 0 amide bonds. The average molecular weight is 336 g/mol. The second-order valence-corrected chi connectivity index (χ2v) is 6.65. The molecule has 2 aromatic heterocycles. The first-order valence-corrected chi connectivity index (χ1v) is 8.60. The van der Waals surface area contributed by atoms with E-state index in [9.17, 15) is 4.79 Å². The number of ketones is 1. The van der Waals surface area contributed by atoms with E-state index in [4.69, 9.17) is 4.42 Å². The topological polar surface area (TPSA) is 72.1 Å². The van der Waals surface area contributed by atoms with Gasteiger partial charge >= 0.3 is 0 Å². The number of benzene rings is 1. The van der Waals surface area contributed by atoms with Crippen molar-refractivity contribution < 1.29 is 9.21 Å². The Bertz CT molecular complexity index is 892. The standard InChI is InChI=1S/C19H20N4O2/c1-13-3-2-6-23(13)11-17(24)9-16-8-15-7-14(19-10-20-12-25-19)4-5-18(15)22-21-16/h4-5,7-8,10,12-13H,2-3,6,9,11H2,1H3/t13-/m1/s1. The van der Waals surface area contributed by atoms with Crippen LogP contribution in [0.1, 0.15) is 25.5 Å². The lowest BCUT2D eigenvalue weighted by molar-refractivity contribution is -0.119. The van der Waals surface area contributed by atoms with E-state index in [1.54, 1.807) is 6.20 Å². The summed E-state index contributed by atoms with van der Waals surface area (Å²) >= 11 is 0. The number of carbonyl (C=O) groups is 1. The zero-order valence-electron chi connectivity index (χ0n) is 14.2. The Morgan fingerprint density at radius 1 is 1.32 bits per heavy atom. The molecule has 1 atom stereocenters. The molecule has 3 aromatic rings. The fourth-order valence-corrected chi connectivity index (χ4v) is 3.40. The number of rotatable bonds is 5. The molecule has 0 unspecified atom stereocenters. The molecular weight excluding hydrogens is 316 g/mol. The summed E-state index contributed by atoms with van der Waals surface area (Å²) in [7, 11) is 0. The molecular formula is C19H20N4O2. The summed E-state index contributed by atoms with van der Waals surface area (Å²) in [5, 5.41) is 9.39. The first kappa shape index (κ1) is 15.9. The summed E-state index contributed by atoms with van der Waals surface area (Å²) in [6.07, 6.45) is 5.76. The van der Waals surface area contributed by atoms with Gasteiger partial charge < -0.3 is 4.42 Å². The van der Waals surface area contributed by atoms with Crippen LogP contribution in [0, 0.1) is 0 Å². The van der Waals surface area contributed by atoms with Crippen molar-refractivity contribution in [3.8, 4) is 11.3 Å². The van der Waals surface area contributed by atoms with E-state index in [1.807, 2.05) is 24.3 Å². The maximum atomic E-state index is 12.4. The van der Waals surface area contributed by atoms with Crippen LogP contribution in [0.4, 0.5) is 0 Å². The van der Waals surface area contributed by atoms with E-state index in [0.717, 1.165) is 23.0 Å². The van der Waals surface area contributed by atoms with Crippen LogP contribution in [-0.2, 0) is 11.2 Å². The van der Waals surface area contributed by atoms with E-state index in [0.29, 0.717) is 30.5 Å². The first-order chi connectivity index (χ1) is 12.2. The summed E-state index contributed by atoms with van der Waals surface area (Å²) in [6, 6.07) is 8.25. The highest BCUT2D eigenvalue weighted by Gasteiger charge is 2.22. The Kier molecular flexibility index (Phi) is 4.28. The fourth-order valence-electron chi connectivity index (χ4n) is 3.40. The smallest absolute Gasteiger partial charge is 0.181 e. The molecule has 0 saturated carbocycles. The number of carbonyl (C=O) groups excluding carboxylic acids is 1. The van der Waals surface area contributed by atoms with Gasteiger partial charge in [-0.15, -0.1) is 0 Å². The Hall–Kier alpha value is -2.60. The molecule has 6 heteroatoms. The van der Waals surface area contributed by atoms with Crippen LogP contribution >= 0.6 is 0 Å². The third kappa shape index (κ3) is 3.44. The molecule has 1 aromatic carbocycles. The largest absolute Gasteiger partial charge is 0.444 e. The van der Waals surface area contributed by atoms with Crippen molar-refractivity contribution in [1.82, 2.24) is 20.1 Å². The van der Waals surface area contributed by atoms with Crippen molar-refractivity contribution in [2.75, 3.05) is 13.1 Å². The second-order valence-electron chi connectivity index (χ2n) is 6.65. The van der Waals surface area contributed by atoms with Crippen LogP contribution in [0.15, 0.2) is 41.3 Å². The Labute approximate surface area is 145 Å². The van der Waals surface area contributed by atoms with Crippen molar-refractivity contribution in [2.24, 2.45) is 0 Å². The highest BCUT2D eigenvalue weighted by Crippen LogP contribution is 2.23. The minimum Gasteiger partial charge on any atom is -0.444 e. The molecule has 1 aliphatic heterocycles. The summed E-state index contributed by atoms with van der Waals surface area (Å²) < 4.78 is 5.34. The SMILES string of the molecule is C[C@@H]1CCCN1CC(=O)Cc1cc2cc(-c3cnco3)ccc2nn1. The summed E-state index contributed by atoms with van der Waals surface area (Å²) in [6.45, 7) is 3.69. The van der Waals surface area contributed by atoms with Gasteiger partial charge in [0.1, 0.15) is 0 Å². The molecule has 0 spiro atoms. The van der Waals surface area contributed by atoms with Crippen LogP contribution in [0.5, 0.6) is 0 Å². The van der Waals surface area contributed by atoms with E-state index in [-0.39, 0.29) is 5.78 Å². The number of aromatic nitrogens is 3. The minimum absolute atomic E-state index is 0.189. The summed E-state index contributed by atoms with van der Waals surface area (Å²) in [5.41, 5.74) is 2.44. The zero-order valence-corrected chi connectivity index (χ0v) is 14.2. The van der Waals surface area contributed by atoms with Crippen molar-refractivity contribution in [2.45, 2.75) is 32.2 Å². The van der Waals surface area contributed by atoms with Crippen molar-refractivity contribution in [3.63, 3.8) is 0 Å². The van der Waals surface area contributed by atoms with Gasteiger partial charge in [0, 0.05) is 17.0 Å². The molecule has 4 rings (SSSR count). The number of hydrogen-bond donors (Lipinski definition) is 0. The van der Waals surface area contributed by atoms with Crippen molar-refractivity contribution in [1.29, 1.82) is 0 Å². The number of Topliss-reactive ketones (excluding diaryl/α,β-unsaturated/α-hetero) is 1. The van der Waals surface area contributed by atoms with Gasteiger partial charge in [-0.05, 0) is 50.6 Å². The van der Waals surface area contributed by atoms with Crippen LogP contribution in [-0.4, -0.2) is 45.0 Å².